The fraction of sp³-hybridized carbons (Fsp3) is 0.357. The molecule has 2 amide bonds. The lowest BCUT2D eigenvalue weighted by atomic mass is 10.1. The van der Waals surface area contributed by atoms with Crippen LogP contribution >= 0.6 is 11.6 Å². The minimum absolute atomic E-state index is 0.134. The van der Waals surface area contributed by atoms with Crippen molar-refractivity contribution in [2.24, 2.45) is 0 Å². The number of hydrogen-bond donors (Lipinski definition) is 1. The highest BCUT2D eigenvalue weighted by atomic mass is 35.5. The van der Waals surface area contributed by atoms with Crippen molar-refractivity contribution >= 4 is 29.1 Å². The average molecular weight is 308 g/mol. The van der Waals surface area contributed by atoms with Gasteiger partial charge in [-0.2, -0.15) is 5.26 Å². The zero-order valence-electron chi connectivity index (χ0n) is 11.3. The van der Waals surface area contributed by atoms with Crippen molar-refractivity contribution in [3.63, 3.8) is 0 Å². The van der Waals surface area contributed by atoms with Gasteiger partial charge in [-0.05, 0) is 18.2 Å². The van der Waals surface area contributed by atoms with Gasteiger partial charge in [-0.1, -0.05) is 11.6 Å². The molecule has 1 saturated heterocycles. The normalized spacial score (nSPS) is 14.4. The molecule has 1 aromatic carbocycles. The summed E-state index contributed by atoms with van der Waals surface area (Å²) in [6.45, 7) is 2.12. The van der Waals surface area contributed by atoms with Gasteiger partial charge in [0.05, 0.1) is 30.0 Å². The summed E-state index contributed by atoms with van der Waals surface area (Å²) in [5.74, 6) is -0.596. The third kappa shape index (κ3) is 3.94. The van der Waals surface area contributed by atoms with Gasteiger partial charge in [0.1, 0.15) is 6.42 Å². The van der Waals surface area contributed by atoms with E-state index in [-0.39, 0.29) is 12.3 Å². The van der Waals surface area contributed by atoms with Crippen LogP contribution in [-0.2, 0) is 9.53 Å². The Balaban J connectivity index is 2.15. The van der Waals surface area contributed by atoms with Crippen LogP contribution in [0.3, 0.4) is 0 Å². The van der Waals surface area contributed by atoms with Crippen LogP contribution in [0.2, 0.25) is 5.02 Å². The molecule has 0 bridgehead atoms. The van der Waals surface area contributed by atoms with Gasteiger partial charge < -0.3 is 15.0 Å². The van der Waals surface area contributed by atoms with E-state index in [2.05, 4.69) is 5.32 Å². The van der Waals surface area contributed by atoms with Gasteiger partial charge in [0.15, 0.2) is 0 Å². The van der Waals surface area contributed by atoms with Crippen LogP contribution in [0.15, 0.2) is 18.2 Å². The molecule has 0 saturated carbocycles. The van der Waals surface area contributed by atoms with E-state index in [0.29, 0.717) is 42.6 Å². The number of nitriles is 1. The summed E-state index contributed by atoms with van der Waals surface area (Å²) in [4.78, 5) is 25.5. The molecule has 0 radical (unpaired) electrons. The first kappa shape index (κ1) is 15.3. The maximum Gasteiger partial charge on any atom is 0.254 e. The number of hydrogen-bond acceptors (Lipinski definition) is 4. The van der Waals surface area contributed by atoms with Gasteiger partial charge in [-0.15, -0.1) is 0 Å². The first-order valence-corrected chi connectivity index (χ1v) is 6.83. The molecule has 6 nitrogen and oxygen atoms in total. The number of nitrogens with zero attached hydrogens (tertiary/aromatic N) is 2. The smallest absolute Gasteiger partial charge is 0.254 e. The minimum Gasteiger partial charge on any atom is -0.378 e. The number of rotatable bonds is 3. The lowest BCUT2D eigenvalue weighted by molar-refractivity contribution is -0.115. The quantitative estimate of drug-likeness (QED) is 0.920. The molecule has 0 aliphatic carbocycles. The highest BCUT2D eigenvalue weighted by Crippen LogP contribution is 2.24. The molecule has 110 valence electrons. The van der Waals surface area contributed by atoms with Crippen molar-refractivity contribution < 1.29 is 14.3 Å². The molecule has 1 fully saturated rings. The van der Waals surface area contributed by atoms with Crippen molar-refractivity contribution in [1.82, 2.24) is 4.90 Å². The van der Waals surface area contributed by atoms with E-state index in [1.54, 1.807) is 23.1 Å². The van der Waals surface area contributed by atoms with Gasteiger partial charge in [-0.25, -0.2) is 0 Å². The molecular weight excluding hydrogens is 294 g/mol. The zero-order valence-corrected chi connectivity index (χ0v) is 12.0. The number of ether oxygens (including phenoxy) is 1. The molecular formula is C14H14ClN3O3. The Morgan fingerprint density at radius 3 is 2.76 bits per heavy atom. The van der Waals surface area contributed by atoms with Crippen molar-refractivity contribution in [2.45, 2.75) is 6.42 Å². The first-order valence-electron chi connectivity index (χ1n) is 6.45. The van der Waals surface area contributed by atoms with Crippen molar-refractivity contribution in [1.29, 1.82) is 5.26 Å². The van der Waals surface area contributed by atoms with E-state index in [4.69, 9.17) is 21.6 Å². The van der Waals surface area contributed by atoms with Crippen LogP contribution in [0.4, 0.5) is 5.69 Å². The molecule has 1 aromatic rings. The summed E-state index contributed by atoms with van der Waals surface area (Å²) in [5.41, 5.74) is 0.768. The minimum atomic E-state index is -0.463. The van der Waals surface area contributed by atoms with Crippen LogP contribution in [0.1, 0.15) is 16.8 Å². The van der Waals surface area contributed by atoms with E-state index in [1.165, 1.54) is 6.07 Å². The van der Waals surface area contributed by atoms with Crippen LogP contribution in [0.5, 0.6) is 0 Å². The number of carbonyl (C=O) groups excluding carboxylic acids is 2. The second-order valence-corrected chi connectivity index (χ2v) is 4.89. The zero-order chi connectivity index (χ0) is 15.2. The average Bonchev–Trinajstić information content (AvgIpc) is 2.50. The Kier molecular flexibility index (Phi) is 5.14. The summed E-state index contributed by atoms with van der Waals surface area (Å²) in [6, 6.07) is 6.44. The first-order chi connectivity index (χ1) is 10.1. The Bertz CT molecular complexity index is 592. The molecule has 0 unspecified atom stereocenters. The Morgan fingerprint density at radius 2 is 2.10 bits per heavy atom. The Morgan fingerprint density at radius 1 is 1.38 bits per heavy atom. The summed E-state index contributed by atoms with van der Waals surface area (Å²) in [7, 11) is 0. The second kappa shape index (κ2) is 7.07. The summed E-state index contributed by atoms with van der Waals surface area (Å²) >= 11 is 5.99. The molecule has 0 spiro atoms. The molecule has 1 aliphatic heterocycles. The molecule has 0 aromatic heterocycles. The highest BCUT2D eigenvalue weighted by molar-refractivity contribution is 6.33. The Hall–Kier alpha value is -2.10. The molecule has 1 N–H and O–H groups in total. The van der Waals surface area contributed by atoms with Gasteiger partial charge in [0.2, 0.25) is 5.91 Å². The predicted octanol–water partition coefficient (Wildman–Crippen LogP) is 1.66. The van der Waals surface area contributed by atoms with Crippen LogP contribution in [0, 0.1) is 11.3 Å². The lowest BCUT2D eigenvalue weighted by Gasteiger charge is -2.27. The van der Waals surface area contributed by atoms with Crippen molar-refractivity contribution in [2.75, 3.05) is 31.6 Å². The molecule has 21 heavy (non-hydrogen) atoms. The third-order valence-electron chi connectivity index (χ3n) is 3.03. The number of nitrogens with one attached hydrogen (secondary N) is 1. The fourth-order valence-corrected chi connectivity index (χ4v) is 2.13. The van der Waals surface area contributed by atoms with Gasteiger partial charge in [-0.3, -0.25) is 9.59 Å². The summed E-state index contributed by atoms with van der Waals surface area (Å²) in [6.07, 6.45) is -0.266. The van der Waals surface area contributed by atoms with Crippen molar-refractivity contribution in [3.8, 4) is 6.07 Å². The third-order valence-corrected chi connectivity index (χ3v) is 3.35. The van der Waals surface area contributed by atoms with E-state index in [9.17, 15) is 9.59 Å². The maximum atomic E-state index is 12.3. The van der Waals surface area contributed by atoms with Crippen LogP contribution in [0.25, 0.3) is 0 Å². The lowest BCUT2D eigenvalue weighted by Crippen LogP contribution is -2.40. The number of morpholine rings is 1. The molecule has 0 atom stereocenters. The molecule has 1 heterocycles. The topological polar surface area (TPSA) is 82.4 Å². The van der Waals surface area contributed by atoms with Crippen LogP contribution in [-0.4, -0.2) is 43.0 Å². The van der Waals surface area contributed by atoms with Crippen molar-refractivity contribution in [3.05, 3.63) is 28.8 Å². The monoisotopic (exact) mass is 307 g/mol. The fourth-order valence-electron chi connectivity index (χ4n) is 1.97. The highest BCUT2D eigenvalue weighted by Gasteiger charge is 2.19. The standard InChI is InChI=1S/C14H14ClN3O3/c15-11-2-1-10(9-12(11)17-13(19)3-4-16)14(20)18-5-7-21-8-6-18/h1-2,9H,3,5-8H2,(H,17,19). The van der Waals surface area contributed by atoms with Gasteiger partial charge in [0, 0.05) is 18.7 Å². The maximum absolute atomic E-state index is 12.3. The molecule has 1 aliphatic rings. The summed E-state index contributed by atoms with van der Waals surface area (Å²) < 4.78 is 5.21. The Labute approximate surface area is 127 Å². The molecule has 7 heteroatoms. The SMILES string of the molecule is N#CCC(=O)Nc1cc(C(=O)N2CCOCC2)ccc1Cl. The number of halogens is 1. The number of anilines is 1. The van der Waals surface area contributed by atoms with Crippen LogP contribution < -0.4 is 5.32 Å². The predicted molar refractivity (Wildman–Crippen MR) is 77.0 cm³/mol. The van der Waals surface area contributed by atoms with Gasteiger partial charge in [0.25, 0.3) is 5.91 Å². The number of amides is 2. The van der Waals surface area contributed by atoms with E-state index in [0.717, 1.165) is 0 Å². The van der Waals surface area contributed by atoms with Gasteiger partial charge >= 0.3 is 0 Å². The van der Waals surface area contributed by atoms with E-state index >= 15 is 0 Å². The second-order valence-electron chi connectivity index (χ2n) is 4.48. The molecule has 2 rings (SSSR count). The number of benzene rings is 1. The van der Waals surface area contributed by atoms with E-state index < -0.39 is 5.91 Å². The summed E-state index contributed by atoms with van der Waals surface area (Å²) in [5, 5.41) is 11.3. The van der Waals surface area contributed by atoms with E-state index in [1.807, 2.05) is 0 Å². The number of carbonyl (C=O) groups is 2. The largest absolute Gasteiger partial charge is 0.378 e.